The molecule has 2 unspecified atom stereocenters. The van der Waals surface area contributed by atoms with Crippen molar-refractivity contribution in [1.29, 1.82) is 0 Å². The highest BCUT2D eigenvalue weighted by molar-refractivity contribution is 6.30. The zero-order valence-electron chi connectivity index (χ0n) is 10.5. The Morgan fingerprint density at radius 1 is 1.56 bits per heavy atom. The third-order valence-electron chi connectivity index (χ3n) is 3.63. The lowest BCUT2D eigenvalue weighted by atomic mass is 10.0. The van der Waals surface area contributed by atoms with Crippen molar-refractivity contribution in [1.82, 2.24) is 5.01 Å². The standard InChI is InChI=1S/C13H17ClN2O2/c1-13(2)7-6-11(16(13)15-18)12(17)9-4-3-5-10(14)8-9/h3-5,8,11-12,17H,6-7H2,1-2H3. The lowest BCUT2D eigenvalue weighted by Crippen LogP contribution is -2.41. The van der Waals surface area contributed by atoms with Gasteiger partial charge in [0.05, 0.1) is 16.9 Å². The number of hydrogen-bond acceptors (Lipinski definition) is 3. The van der Waals surface area contributed by atoms with Gasteiger partial charge in [-0.25, -0.2) is 5.01 Å². The first-order chi connectivity index (χ1) is 8.45. The van der Waals surface area contributed by atoms with Gasteiger partial charge in [-0.15, -0.1) is 4.91 Å². The van der Waals surface area contributed by atoms with E-state index >= 15 is 0 Å². The molecule has 2 rings (SSSR count). The normalized spacial score (nSPS) is 24.0. The largest absolute Gasteiger partial charge is 0.386 e. The van der Waals surface area contributed by atoms with Gasteiger partial charge in [-0.1, -0.05) is 23.7 Å². The molecule has 0 spiro atoms. The molecule has 0 amide bonds. The maximum absolute atomic E-state index is 11.0. The number of aliphatic hydroxyl groups is 1. The first-order valence-corrected chi connectivity index (χ1v) is 6.39. The number of nitrogens with zero attached hydrogens (tertiary/aromatic N) is 2. The summed E-state index contributed by atoms with van der Waals surface area (Å²) in [6, 6.07) is 6.80. The van der Waals surface area contributed by atoms with Crippen molar-refractivity contribution in [2.24, 2.45) is 5.29 Å². The van der Waals surface area contributed by atoms with Gasteiger partial charge in [0, 0.05) is 5.02 Å². The Morgan fingerprint density at radius 3 is 2.89 bits per heavy atom. The minimum absolute atomic E-state index is 0.282. The Balaban J connectivity index is 2.24. The van der Waals surface area contributed by atoms with Gasteiger partial charge in [0.25, 0.3) is 0 Å². The average Bonchev–Trinajstić information content (AvgIpc) is 2.63. The predicted molar refractivity (Wildman–Crippen MR) is 71.1 cm³/mol. The maximum Gasteiger partial charge on any atom is 0.101 e. The van der Waals surface area contributed by atoms with Crippen LogP contribution in [0.2, 0.25) is 5.02 Å². The van der Waals surface area contributed by atoms with Crippen molar-refractivity contribution in [2.45, 2.75) is 44.4 Å². The van der Waals surface area contributed by atoms with Crippen LogP contribution in [0.4, 0.5) is 0 Å². The van der Waals surface area contributed by atoms with Gasteiger partial charge in [0.15, 0.2) is 0 Å². The van der Waals surface area contributed by atoms with E-state index in [1.807, 2.05) is 19.9 Å². The summed E-state index contributed by atoms with van der Waals surface area (Å²) in [6.45, 7) is 3.91. The van der Waals surface area contributed by atoms with Gasteiger partial charge < -0.3 is 5.11 Å². The van der Waals surface area contributed by atoms with Gasteiger partial charge in [-0.05, 0) is 44.4 Å². The maximum atomic E-state index is 11.0. The van der Waals surface area contributed by atoms with Crippen LogP contribution in [0.15, 0.2) is 29.6 Å². The smallest absolute Gasteiger partial charge is 0.101 e. The molecule has 1 fully saturated rings. The SMILES string of the molecule is CC1(C)CCC(C(O)c2cccc(Cl)c2)N1N=O. The van der Waals surface area contributed by atoms with E-state index in [9.17, 15) is 10.0 Å². The second kappa shape index (κ2) is 4.86. The highest BCUT2D eigenvalue weighted by atomic mass is 35.5. The van der Waals surface area contributed by atoms with Crippen LogP contribution in [-0.4, -0.2) is 21.7 Å². The molecular formula is C13H17ClN2O2. The van der Waals surface area contributed by atoms with Gasteiger partial charge in [-0.2, -0.15) is 0 Å². The molecule has 1 aromatic carbocycles. The molecule has 0 radical (unpaired) electrons. The zero-order valence-corrected chi connectivity index (χ0v) is 11.3. The van der Waals surface area contributed by atoms with Crippen LogP contribution >= 0.6 is 11.6 Å². The van der Waals surface area contributed by atoms with Crippen molar-refractivity contribution in [3.05, 3.63) is 39.8 Å². The lowest BCUT2D eigenvalue weighted by Gasteiger charge is -2.32. The monoisotopic (exact) mass is 268 g/mol. The molecule has 1 N–H and O–H groups in total. The molecule has 0 saturated carbocycles. The van der Waals surface area contributed by atoms with Crippen LogP contribution in [-0.2, 0) is 0 Å². The quantitative estimate of drug-likeness (QED) is 0.856. The van der Waals surface area contributed by atoms with Crippen LogP contribution in [0.1, 0.15) is 38.4 Å². The molecule has 1 aromatic rings. The Hall–Kier alpha value is -1.13. The second-order valence-electron chi connectivity index (χ2n) is 5.34. The molecule has 1 aliphatic rings. The van der Waals surface area contributed by atoms with E-state index in [0.717, 1.165) is 18.4 Å². The van der Waals surface area contributed by atoms with Crippen molar-refractivity contribution in [3.63, 3.8) is 0 Å². The number of hydrogen-bond donors (Lipinski definition) is 1. The Morgan fingerprint density at radius 2 is 2.28 bits per heavy atom. The van der Waals surface area contributed by atoms with Gasteiger partial charge >= 0.3 is 0 Å². The van der Waals surface area contributed by atoms with E-state index in [0.29, 0.717) is 5.02 Å². The zero-order chi connectivity index (χ0) is 13.3. The Bertz CT molecular complexity index is 450. The molecule has 18 heavy (non-hydrogen) atoms. The molecular weight excluding hydrogens is 252 g/mol. The highest BCUT2D eigenvalue weighted by Gasteiger charge is 2.43. The summed E-state index contributed by atoms with van der Waals surface area (Å²) in [5.41, 5.74) is 0.422. The molecule has 1 aliphatic heterocycles. The number of benzene rings is 1. The summed E-state index contributed by atoms with van der Waals surface area (Å²) in [6.07, 6.45) is 0.830. The van der Waals surface area contributed by atoms with Crippen molar-refractivity contribution >= 4 is 11.6 Å². The van der Waals surface area contributed by atoms with Crippen LogP contribution in [0.25, 0.3) is 0 Å². The van der Waals surface area contributed by atoms with Gasteiger partial charge in [0.2, 0.25) is 0 Å². The molecule has 4 nitrogen and oxygen atoms in total. The summed E-state index contributed by atoms with van der Waals surface area (Å²) >= 11 is 5.91. The molecule has 1 heterocycles. The van der Waals surface area contributed by atoms with Gasteiger partial charge in [-0.3, -0.25) is 0 Å². The fourth-order valence-corrected chi connectivity index (χ4v) is 2.76. The van der Waals surface area contributed by atoms with Crippen molar-refractivity contribution in [2.75, 3.05) is 0 Å². The van der Waals surface area contributed by atoms with E-state index in [1.54, 1.807) is 18.2 Å². The minimum Gasteiger partial charge on any atom is -0.386 e. The van der Waals surface area contributed by atoms with Crippen LogP contribution < -0.4 is 0 Å². The minimum atomic E-state index is -0.747. The fourth-order valence-electron chi connectivity index (χ4n) is 2.56. The fraction of sp³-hybridized carbons (Fsp3) is 0.538. The summed E-state index contributed by atoms with van der Waals surface area (Å²) in [5, 5.41) is 15.5. The molecule has 0 aliphatic carbocycles. The summed E-state index contributed by atoms with van der Waals surface area (Å²) < 4.78 is 0. The van der Waals surface area contributed by atoms with E-state index in [-0.39, 0.29) is 11.6 Å². The van der Waals surface area contributed by atoms with E-state index in [1.165, 1.54) is 5.01 Å². The number of nitroso groups, excluding NO2 is 1. The summed E-state index contributed by atoms with van der Waals surface area (Å²) in [4.78, 5) is 11.0. The predicted octanol–water partition coefficient (Wildman–Crippen LogP) is 3.30. The molecule has 1 saturated heterocycles. The van der Waals surface area contributed by atoms with Crippen molar-refractivity contribution < 1.29 is 5.11 Å². The summed E-state index contributed by atoms with van der Waals surface area (Å²) in [7, 11) is 0. The topological polar surface area (TPSA) is 52.9 Å². The van der Waals surface area contributed by atoms with Crippen LogP contribution in [0, 0.1) is 4.91 Å². The summed E-state index contributed by atoms with van der Waals surface area (Å²) in [5.74, 6) is 0. The molecule has 5 heteroatoms. The third kappa shape index (κ3) is 2.35. The molecule has 98 valence electrons. The highest BCUT2D eigenvalue weighted by Crippen LogP contribution is 2.39. The molecule has 0 bridgehead atoms. The van der Waals surface area contributed by atoms with E-state index < -0.39 is 6.10 Å². The second-order valence-corrected chi connectivity index (χ2v) is 5.78. The van der Waals surface area contributed by atoms with E-state index in [4.69, 9.17) is 11.6 Å². The van der Waals surface area contributed by atoms with Crippen LogP contribution in [0.5, 0.6) is 0 Å². The van der Waals surface area contributed by atoms with E-state index in [2.05, 4.69) is 5.29 Å². The third-order valence-corrected chi connectivity index (χ3v) is 3.86. The van der Waals surface area contributed by atoms with Crippen LogP contribution in [0.3, 0.4) is 0 Å². The Labute approximate surface area is 112 Å². The molecule has 2 atom stereocenters. The average molecular weight is 269 g/mol. The number of aliphatic hydroxyl groups excluding tert-OH is 1. The first-order valence-electron chi connectivity index (χ1n) is 6.02. The van der Waals surface area contributed by atoms with Crippen molar-refractivity contribution in [3.8, 4) is 0 Å². The lowest BCUT2D eigenvalue weighted by molar-refractivity contribution is 0.0338. The first kappa shape index (κ1) is 13.3. The molecule has 0 aromatic heterocycles. The Kier molecular flexibility index (Phi) is 3.59. The van der Waals surface area contributed by atoms with Gasteiger partial charge in [0.1, 0.15) is 6.10 Å². The number of rotatable bonds is 3. The number of halogens is 1.